The predicted molar refractivity (Wildman–Crippen MR) is 84.4 cm³/mol. The van der Waals surface area contributed by atoms with Gasteiger partial charge in [0.25, 0.3) is 0 Å². The molecule has 1 fully saturated rings. The summed E-state index contributed by atoms with van der Waals surface area (Å²) in [5.41, 5.74) is 1.18. The van der Waals surface area contributed by atoms with Gasteiger partial charge < -0.3 is 10.2 Å². The zero-order valence-electron chi connectivity index (χ0n) is 12.2. The van der Waals surface area contributed by atoms with Gasteiger partial charge in [-0.25, -0.2) is 15.0 Å². The maximum absolute atomic E-state index is 4.65. The average Bonchev–Trinajstić information content (AvgIpc) is 2.97. The molecule has 1 aliphatic heterocycles. The Hall–Kier alpha value is -1.57. The van der Waals surface area contributed by atoms with E-state index in [-0.39, 0.29) is 0 Å². The molecule has 112 valence electrons. The van der Waals surface area contributed by atoms with E-state index in [9.17, 15) is 0 Å². The first-order valence-corrected chi connectivity index (χ1v) is 8.05. The van der Waals surface area contributed by atoms with Crippen LogP contribution in [0.4, 0.5) is 5.95 Å². The van der Waals surface area contributed by atoms with Crippen molar-refractivity contribution in [2.75, 3.05) is 38.1 Å². The molecule has 0 atom stereocenters. The normalized spacial score (nSPS) is 16.3. The van der Waals surface area contributed by atoms with Crippen molar-refractivity contribution in [1.29, 1.82) is 0 Å². The summed E-state index contributed by atoms with van der Waals surface area (Å²) in [4.78, 5) is 18.0. The first-order valence-electron chi connectivity index (χ1n) is 7.17. The van der Waals surface area contributed by atoms with Gasteiger partial charge in [-0.05, 0) is 13.1 Å². The molecule has 0 aromatic carbocycles. The van der Waals surface area contributed by atoms with Crippen LogP contribution < -0.4 is 10.2 Å². The van der Waals surface area contributed by atoms with Crippen LogP contribution in [-0.4, -0.2) is 53.1 Å². The molecule has 2 aromatic heterocycles. The fourth-order valence-electron chi connectivity index (χ4n) is 2.44. The van der Waals surface area contributed by atoms with Crippen molar-refractivity contribution in [3.8, 4) is 0 Å². The Labute approximate surface area is 128 Å². The minimum absolute atomic E-state index is 0.835. The Morgan fingerprint density at radius 2 is 1.95 bits per heavy atom. The molecule has 0 unspecified atom stereocenters. The van der Waals surface area contributed by atoms with E-state index in [1.165, 1.54) is 5.69 Å². The van der Waals surface area contributed by atoms with Crippen molar-refractivity contribution < 1.29 is 0 Å². The summed E-state index contributed by atoms with van der Waals surface area (Å²) in [6.45, 7) is 5.77. The van der Waals surface area contributed by atoms with Crippen molar-refractivity contribution >= 4 is 17.3 Å². The highest BCUT2D eigenvalue weighted by atomic mass is 32.1. The molecule has 1 aliphatic rings. The zero-order valence-corrected chi connectivity index (χ0v) is 13.0. The van der Waals surface area contributed by atoms with Gasteiger partial charge in [-0.15, -0.1) is 11.3 Å². The number of thiazole rings is 1. The Kier molecular flexibility index (Phi) is 4.74. The minimum atomic E-state index is 0.835. The number of hydrogen-bond donors (Lipinski definition) is 1. The lowest BCUT2D eigenvalue weighted by molar-refractivity contribution is 0.246. The largest absolute Gasteiger partial charge is 0.338 e. The van der Waals surface area contributed by atoms with Gasteiger partial charge >= 0.3 is 0 Å². The molecule has 21 heavy (non-hydrogen) atoms. The Balaban J connectivity index is 1.51. The lowest BCUT2D eigenvalue weighted by Gasteiger charge is -2.34. The smallest absolute Gasteiger partial charge is 0.225 e. The quantitative estimate of drug-likeness (QED) is 0.888. The molecule has 6 nitrogen and oxygen atoms in total. The maximum atomic E-state index is 4.65. The average molecular weight is 304 g/mol. The second kappa shape index (κ2) is 6.93. The molecule has 0 aliphatic carbocycles. The van der Waals surface area contributed by atoms with E-state index < -0.39 is 0 Å². The fourth-order valence-corrected chi connectivity index (χ4v) is 3.24. The first-order chi connectivity index (χ1) is 10.3. The summed E-state index contributed by atoms with van der Waals surface area (Å²) in [5.74, 6) is 0.835. The number of nitrogens with zero attached hydrogens (tertiary/aromatic N) is 5. The van der Waals surface area contributed by atoms with E-state index in [1.54, 1.807) is 23.7 Å². The number of nitrogens with one attached hydrogen (secondary N) is 1. The monoisotopic (exact) mass is 304 g/mol. The summed E-state index contributed by atoms with van der Waals surface area (Å²) in [6, 6.07) is 1.85. The number of hydrogen-bond acceptors (Lipinski definition) is 7. The van der Waals surface area contributed by atoms with Gasteiger partial charge in [-0.3, -0.25) is 4.90 Å². The SMILES string of the molecule is CNCc1nc(CN2CCN(c3ncccn3)CC2)cs1. The van der Waals surface area contributed by atoms with Crippen LogP contribution in [0.1, 0.15) is 10.7 Å². The van der Waals surface area contributed by atoms with Crippen LogP contribution in [0.3, 0.4) is 0 Å². The standard InChI is InChI=1S/C14H20N6S/c1-15-9-13-18-12(11-21-13)10-19-5-7-20(8-6-19)14-16-3-2-4-17-14/h2-4,11,15H,5-10H2,1H3. The number of anilines is 1. The van der Waals surface area contributed by atoms with Crippen molar-refractivity contribution in [3.63, 3.8) is 0 Å². The van der Waals surface area contributed by atoms with Crippen molar-refractivity contribution in [2.24, 2.45) is 0 Å². The van der Waals surface area contributed by atoms with E-state index in [0.29, 0.717) is 0 Å². The number of aromatic nitrogens is 3. The Morgan fingerprint density at radius 3 is 2.67 bits per heavy atom. The summed E-state index contributed by atoms with van der Waals surface area (Å²) in [5, 5.41) is 6.46. The van der Waals surface area contributed by atoms with Crippen LogP contribution >= 0.6 is 11.3 Å². The minimum Gasteiger partial charge on any atom is -0.338 e. The molecule has 1 N–H and O–H groups in total. The third-order valence-corrected chi connectivity index (χ3v) is 4.42. The lowest BCUT2D eigenvalue weighted by atomic mass is 10.3. The molecular formula is C14H20N6S. The van der Waals surface area contributed by atoms with Gasteiger partial charge in [0.1, 0.15) is 5.01 Å². The molecule has 0 saturated carbocycles. The Morgan fingerprint density at radius 1 is 1.19 bits per heavy atom. The van der Waals surface area contributed by atoms with E-state index in [1.807, 2.05) is 13.1 Å². The van der Waals surface area contributed by atoms with Crippen LogP contribution in [0.5, 0.6) is 0 Å². The molecule has 7 heteroatoms. The van der Waals surface area contributed by atoms with Gasteiger partial charge in [-0.2, -0.15) is 0 Å². The van der Waals surface area contributed by atoms with Crippen LogP contribution in [-0.2, 0) is 13.1 Å². The summed E-state index contributed by atoms with van der Waals surface area (Å²) in [7, 11) is 1.95. The Bertz CT molecular complexity index is 550. The van der Waals surface area contributed by atoms with Gasteiger partial charge in [0.05, 0.1) is 5.69 Å². The topological polar surface area (TPSA) is 57.2 Å². The molecular weight excluding hydrogens is 284 g/mol. The highest BCUT2D eigenvalue weighted by molar-refractivity contribution is 7.09. The molecule has 3 rings (SSSR count). The number of piperazine rings is 1. The molecule has 3 heterocycles. The highest BCUT2D eigenvalue weighted by Gasteiger charge is 2.19. The summed E-state index contributed by atoms with van der Waals surface area (Å²) < 4.78 is 0. The van der Waals surface area contributed by atoms with Crippen LogP contribution in [0.15, 0.2) is 23.8 Å². The summed E-state index contributed by atoms with van der Waals surface area (Å²) in [6.07, 6.45) is 3.60. The molecule has 2 aromatic rings. The van der Waals surface area contributed by atoms with Crippen molar-refractivity contribution in [1.82, 2.24) is 25.2 Å². The predicted octanol–water partition coefficient (Wildman–Crippen LogP) is 0.975. The highest BCUT2D eigenvalue weighted by Crippen LogP contribution is 2.14. The molecule has 0 radical (unpaired) electrons. The lowest BCUT2D eigenvalue weighted by Crippen LogP contribution is -2.46. The maximum Gasteiger partial charge on any atom is 0.225 e. The molecule has 1 saturated heterocycles. The van der Waals surface area contributed by atoms with Gasteiger partial charge in [-0.1, -0.05) is 0 Å². The zero-order chi connectivity index (χ0) is 14.5. The van der Waals surface area contributed by atoms with E-state index in [0.717, 1.165) is 50.2 Å². The van der Waals surface area contributed by atoms with E-state index in [4.69, 9.17) is 0 Å². The van der Waals surface area contributed by atoms with E-state index >= 15 is 0 Å². The van der Waals surface area contributed by atoms with Gasteiger partial charge in [0, 0.05) is 57.0 Å². The van der Waals surface area contributed by atoms with Crippen LogP contribution in [0.25, 0.3) is 0 Å². The van der Waals surface area contributed by atoms with Crippen LogP contribution in [0.2, 0.25) is 0 Å². The summed E-state index contributed by atoms with van der Waals surface area (Å²) >= 11 is 1.73. The van der Waals surface area contributed by atoms with Crippen LogP contribution in [0, 0.1) is 0 Å². The third-order valence-electron chi connectivity index (χ3n) is 3.52. The first kappa shape index (κ1) is 14.4. The van der Waals surface area contributed by atoms with E-state index in [2.05, 4.69) is 35.4 Å². The van der Waals surface area contributed by atoms with Gasteiger partial charge in [0.15, 0.2) is 0 Å². The van der Waals surface area contributed by atoms with Crippen molar-refractivity contribution in [3.05, 3.63) is 34.5 Å². The molecule has 0 spiro atoms. The number of rotatable bonds is 5. The molecule has 0 bridgehead atoms. The fraction of sp³-hybridized carbons (Fsp3) is 0.500. The van der Waals surface area contributed by atoms with Gasteiger partial charge in [0.2, 0.25) is 5.95 Å². The third kappa shape index (κ3) is 3.75. The second-order valence-corrected chi connectivity index (χ2v) is 6.02. The molecule has 0 amide bonds. The second-order valence-electron chi connectivity index (χ2n) is 5.07. The van der Waals surface area contributed by atoms with Crippen molar-refractivity contribution in [2.45, 2.75) is 13.1 Å².